The Balaban J connectivity index is 1.76. The first-order chi connectivity index (χ1) is 10.5. The van der Waals surface area contributed by atoms with Crippen LogP contribution in [0.4, 0.5) is 0 Å². The number of fused-ring (bicyclic) bond motifs is 1. The molecule has 0 aromatic carbocycles. The minimum absolute atomic E-state index is 0.0510. The van der Waals surface area contributed by atoms with E-state index in [0.717, 1.165) is 25.7 Å². The van der Waals surface area contributed by atoms with Crippen LogP contribution in [-0.2, 0) is 14.4 Å². The molecule has 0 bridgehead atoms. The predicted molar refractivity (Wildman–Crippen MR) is 79.0 cm³/mol. The Morgan fingerprint density at radius 1 is 1.14 bits per heavy atom. The number of hydrogen-bond acceptors (Lipinski definition) is 3. The zero-order chi connectivity index (χ0) is 15.9. The van der Waals surface area contributed by atoms with E-state index in [1.54, 1.807) is 9.80 Å². The standard InChI is InChI=1S/C16H24N2O4/c1-11(19)18-8-3-2-6-13(18)14(20)17-9-12-5-4-7-16(12,10-17)15(21)22/h12-13H,2-10H2,1H3,(H,21,22)/t12-,13?,16+/m0/s1. The van der Waals surface area contributed by atoms with E-state index in [0.29, 0.717) is 32.5 Å². The largest absolute Gasteiger partial charge is 0.481 e. The molecule has 1 aliphatic carbocycles. The predicted octanol–water partition coefficient (Wildman–Crippen LogP) is 1.10. The topological polar surface area (TPSA) is 77.9 Å². The van der Waals surface area contributed by atoms with Crippen LogP contribution in [0.1, 0.15) is 45.4 Å². The van der Waals surface area contributed by atoms with Crippen LogP contribution in [0.5, 0.6) is 0 Å². The van der Waals surface area contributed by atoms with Gasteiger partial charge in [-0.3, -0.25) is 14.4 Å². The molecule has 22 heavy (non-hydrogen) atoms. The third kappa shape index (κ3) is 2.29. The molecule has 1 saturated carbocycles. The summed E-state index contributed by atoms with van der Waals surface area (Å²) >= 11 is 0. The molecular formula is C16H24N2O4. The summed E-state index contributed by atoms with van der Waals surface area (Å²) in [5.41, 5.74) is -0.745. The van der Waals surface area contributed by atoms with Crippen LogP contribution in [0.25, 0.3) is 0 Å². The number of aliphatic carboxylic acids is 1. The molecule has 3 aliphatic rings. The molecule has 6 nitrogen and oxygen atoms in total. The van der Waals surface area contributed by atoms with Crippen molar-refractivity contribution < 1.29 is 19.5 Å². The lowest BCUT2D eigenvalue weighted by atomic mass is 9.81. The highest BCUT2D eigenvalue weighted by Crippen LogP contribution is 2.49. The van der Waals surface area contributed by atoms with E-state index in [-0.39, 0.29) is 17.7 Å². The van der Waals surface area contributed by atoms with E-state index in [2.05, 4.69) is 0 Å². The Morgan fingerprint density at radius 3 is 2.55 bits per heavy atom. The summed E-state index contributed by atoms with van der Waals surface area (Å²) in [6.07, 6.45) is 5.06. The number of carbonyl (C=O) groups excluding carboxylic acids is 2. The number of amides is 2. The maximum absolute atomic E-state index is 12.9. The monoisotopic (exact) mass is 308 g/mol. The average molecular weight is 308 g/mol. The van der Waals surface area contributed by atoms with Crippen LogP contribution in [0.3, 0.4) is 0 Å². The summed E-state index contributed by atoms with van der Waals surface area (Å²) in [6.45, 7) is 2.98. The quantitative estimate of drug-likeness (QED) is 0.828. The zero-order valence-electron chi connectivity index (χ0n) is 13.1. The van der Waals surface area contributed by atoms with Crippen molar-refractivity contribution in [3.05, 3.63) is 0 Å². The molecular weight excluding hydrogens is 284 g/mol. The van der Waals surface area contributed by atoms with Crippen LogP contribution in [0.15, 0.2) is 0 Å². The summed E-state index contributed by atoms with van der Waals surface area (Å²) in [4.78, 5) is 39.7. The average Bonchev–Trinajstić information content (AvgIpc) is 3.04. The summed E-state index contributed by atoms with van der Waals surface area (Å²) in [6, 6.07) is -0.393. The first kappa shape index (κ1) is 15.3. The normalized spacial score (nSPS) is 34.6. The van der Waals surface area contributed by atoms with Gasteiger partial charge >= 0.3 is 5.97 Å². The summed E-state index contributed by atoms with van der Waals surface area (Å²) in [5.74, 6) is -0.809. The number of piperidine rings is 1. The molecule has 0 radical (unpaired) electrons. The molecule has 2 heterocycles. The van der Waals surface area contributed by atoms with E-state index in [9.17, 15) is 19.5 Å². The Morgan fingerprint density at radius 2 is 1.91 bits per heavy atom. The fraction of sp³-hybridized carbons (Fsp3) is 0.812. The van der Waals surface area contributed by atoms with Crippen molar-refractivity contribution in [2.24, 2.45) is 11.3 Å². The number of hydrogen-bond donors (Lipinski definition) is 1. The van der Waals surface area contributed by atoms with Crippen molar-refractivity contribution in [3.8, 4) is 0 Å². The van der Waals surface area contributed by atoms with E-state index >= 15 is 0 Å². The van der Waals surface area contributed by atoms with Gasteiger partial charge in [0.2, 0.25) is 11.8 Å². The van der Waals surface area contributed by atoms with Gasteiger partial charge in [0.05, 0.1) is 5.41 Å². The van der Waals surface area contributed by atoms with Crippen LogP contribution in [0, 0.1) is 11.3 Å². The van der Waals surface area contributed by atoms with Crippen molar-refractivity contribution in [3.63, 3.8) is 0 Å². The molecule has 0 aromatic heterocycles. The summed E-state index contributed by atoms with van der Waals surface area (Å²) in [7, 11) is 0. The summed E-state index contributed by atoms with van der Waals surface area (Å²) in [5, 5.41) is 9.62. The van der Waals surface area contributed by atoms with Gasteiger partial charge in [-0.25, -0.2) is 0 Å². The molecule has 3 atom stereocenters. The molecule has 2 aliphatic heterocycles. The number of carbonyl (C=O) groups is 3. The number of carboxylic acid groups (broad SMARTS) is 1. The lowest BCUT2D eigenvalue weighted by Gasteiger charge is -2.36. The molecule has 1 N–H and O–H groups in total. The molecule has 0 spiro atoms. The van der Waals surface area contributed by atoms with Crippen molar-refractivity contribution in [1.29, 1.82) is 0 Å². The Hall–Kier alpha value is -1.59. The minimum Gasteiger partial charge on any atom is -0.481 e. The van der Waals surface area contributed by atoms with E-state index < -0.39 is 17.4 Å². The molecule has 3 fully saturated rings. The Bertz CT molecular complexity index is 506. The van der Waals surface area contributed by atoms with E-state index in [1.165, 1.54) is 6.92 Å². The lowest BCUT2D eigenvalue weighted by molar-refractivity contribution is -0.151. The fourth-order valence-electron chi connectivity index (χ4n) is 4.58. The molecule has 1 unspecified atom stereocenters. The zero-order valence-corrected chi connectivity index (χ0v) is 13.1. The lowest BCUT2D eigenvalue weighted by Crippen LogP contribution is -2.52. The highest BCUT2D eigenvalue weighted by atomic mass is 16.4. The maximum atomic E-state index is 12.9. The highest BCUT2D eigenvalue weighted by Gasteiger charge is 2.56. The van der Waals surface area contributed by atoms with Crippen LogP contribution >= 0.6 is 0 Å². The number of likely N-dealkylation sites (tertiary alicyclic amines) is 2. The van der Waals surface area contributed by atoms with Gasteiger partial charge in [0, 0.05) is 26.6 Å². The molecule has 122 valence electrons. The van der Waals surface area contributed by atoms with E-state index in [1.807, 2.05) is 0 Å². The first-order valence-electron chi connectivity index (χ1n) is 8.25. The third-order valence-corrected chi connectivity index (χ3v) is 5.80. The van der Waals surface area contributed by atoms with Gasteiger partial charge in [0.25, 0.3) is 0 Å². The van der Waals surface area contributed by atoms with Crippen LogP contribution in [0.2, 0.25) is 0 Å². The van der Waals surface area contributed by atoms with Crippen LogP contribution in [-0.4, -0.2) is 58.4 Å². The van der Waals surface area contributed by atoms with Gasteiger partial charge in [-0.1, -0.05) is 6.42 Å². The number of nitrogens with zero attached hydrogens (tertiary/aromatic N) is 2. The van der Waals surface area contributed by atoms with Gasteiger partial charge in [-0.05, 0) is 38.0 Å². The first-order valence-corrected chi connectivity index (χ1v) is 8.25. The van der Waals surface area contributed by atoms with Gasteiger partial charge in [-0.2, -0.15) is 0 Å². The Labute approximate surface area is 130 Å². The third-order valence-electron chi connectivity index (χ3n) is 5.80. The van der Waals surface area contributed by atoms with Crippen molar-refractivity contribution in [2.45, 2.75) is 51.5 Å². The van der Waals surface area contributed by atoms with Crippen molar-refractivity contribution >= 4 is 17.8 Å². The fourth-order valence-corrected chi connectivity index (χ4v) is 4.58. The van der Waals surface area contributed by atoms with Crippen molar-refractivity contribution in [1.82, 2.24) is 9.80 Å². The second-order valence-electron chi connectivity index (χ2n) is 6.99. The molecule has 2 amide bonds. The number of rotatable bonds is 2. The van der Waals surface area contributed by atoms with Crippen molar-refractivity contribution in [2.75, 3.05) is 19.6 Å². The van der Waals surface area contributed by atoms with Gasteiger partial charge < -0.3 is 14.9 Å². The molecule has 0 aromatic rings. The smallest absolute Gasteiger partial charge is 0.311 e. The van der Waals surface area contributed by atoms with Gasteiger partial charge in [-0.15, -0.1) is 0 Å². The number of carboxylic acids is 1. The second kappa shape index (κ2) is 5.56. The minimum atomic E-state index is -0.766. The highest BCUT2D eigenvalue weighted by molar-refractivity contribution is 5.88. The molecule has 6 heteroatoms. The van der Waals surface area contributed by atoms with Gasteiger partial charge in [0.15, 0.2) is 0 Å². The maximum Gasteiger partial charge on any atom is 0.311 e. The van der Waals surface area contributed by atoms with E-state index in [4.69, 9.17) is 0 Å². The SMILES string of the molecule is CC(=O)N1CCCCC1C(=O)N1C[C@@H]2CCC[C@@]2(C(=O)O)C1. The van der Waals surface area contributed by atoms with Gasteiger partial charge in [0.1, 0.15) is 6.04 Å². The Kier molecular flexibility index (Phi) is 3.87. The summed E-state index contributed by atoms with van der Waals surface area (Å²) < 4.78 is 0. The van der Waals surface area contributed by atoms with Crippen LogP contribution < -0.4 is 0 Å². The molecule has 3 rings (SSSR count). The molecule has 2 saturated heterocycles. The second-order valence-corrected chi connectivity index (χ2v) is 6.99.